The van der Waals surface area contributed by atoms with Gasteiger partial charge in [-0.25, -0.2) is 0 Å². The van der Waals surface area contributed by atoms with Gasteiger partial charge in [0.05, 0.1) is 6.04 Å². The fraction of sp³-hybridized carbons (Fsp3) is 0.909. The second kappa shape index (κ2) is 10.1. The van der Waals surface area contributed by atoms with Crippen molar-refractivity contribution < 1.29 is 4.79 Å². The topological polar surface area (TPSA) is 44.4 Å². The Morgan fingerprint density at radius 2 is 2.06 bits per heavy atom. The van der Waals surface area contributed by atoms with Gasteiger partial charge in [-0.3, -0.25) is 9.69 Å². The molecule has 1 atom stereocenters. The summed E-state index contributed by atoms with van der Waals surface area (Å²) in [4.78, 5) is 14.1. The lowest BCUT2D eigenvalue weighted by Gasteiger charge is -2.26. The summed E-state index contributed by atoms with van der Waals surface area (Å²) in [6, 6.07) is 0.0666. The molecule has 2 rings (SSSR count). The van der Waals surface area contributed by atoms with Crippen molar-refractivity contribution in [2.24, 2.45) is 0 Å². The SMILES string of the molecule is Cl.Cl.O=C(NCCN1CCSCC1)[C@@H]1CCCN1. The van der Waals surface area contributed by atoms with Crippen molar-refractivity contribution in [3.63, 3.8) is 0 Å². The Morgan fingerprint density at radius 3 is 2.67 bits per heavy atom. The van der Waals surface area contributed by atoms with Crippen molar-refractivity contribution >= 4 is 42.5 Å². The summed E-state index contributed by atoms with van der Waals surface area (Å²) in [7, 11) is 0. The lowest BCUT2D eigenvalue weighted by Crippen LogP contribution is -2.44. The van der Waals surface area contributed by atoms with Gasteiger partial charge in [-0.05, 0) is 19.4 Å². The van der Waals surface area contributed by atoms with Crippen molar-refractivity contribution in [1.29, 1.82) is 0 Å². The van der Waals surface area contributed by atoms with E-state index in [1.807, 2.05) is 11.8 Å². The molecular weight excluding hydrogens is 293 g/mol. The molecular formula is C11H23Cl2N3OS. The molecule has 2 aliphatic heterocycles. The van der Waals surface area contributed by atoms with Crippen molar-refractivity contribution in [3.05, 3.63) is 0 Å². The number of nitrogens with zero attached hydrogens (tertiary/aromatic N) is 1. The third-order valence-corrected chi connectivity index (χ3v) is 4.15. The third-order valence-electron chi connectivity index (χ3n) is 3.21. The number of hydrogen-bond donors (Lipinski definition) is 2. The van der Waals surface area contributed by atoms with Gasteiger partial charge in [-0.1, -0.05) is 0 Å². The van der Waals surface area contributed by atoms with Gasteiger partial charge in [-0.15, -0.1) is 24.8 Å². The average molecular weight is 316 g/mol. The summed E-state index contributed by atoms with van der Waals surface area (Å²) >= 11 is 2.02. The van der Waals surface area contributed by atoms with Gasteiger partial charge < -0.3 is 10.6 Å². The zero-order chi connectivity index (χ0) is 11.2. The van der Waals surface area contributed by atoms with Crippen LogP contribution in [0.15, 0.2) is 0 Å². The summed E-state index contributed by atoms with van der Waals surface area (Å²) < 4.78 is 0. The first-order valence-corrected chi connectivity index (χ1v) is 7.33. The molecule has 108 valence electrons. The van der Waals surface area contributed by atoms with Gasteiger partial charge in [0.25, 0.3) is 0 Å². The van der Waals surface area contributed by atoms with Crippen LogP contribution in [-0.4, -0.2) is 61.1 Å². The van der Waals surface area contributed by atoms with E-state index in [1.165, 1.54) is 24.6 Å². The molecule has 18 heavy (non-hydrogen) atoms. The normalized spacial score (nSPS) is 23.9. The molecule has 2 heterocycles. The predicted molar refractivity (Wildman–Crippen MR) is 82.3 cm³/mol. The molecule has 0 unspecified atom stereocenters. The first-order chi connectivity index (χ1) is 7.86. The highest BCUT2D eigenvalue weighted by atomic mass is 35.5. The molecule has 0 radical (unpaired) electrons. The van der Waals surface area contributed by atoms with Crippen LogP contribution in [0.5, 0.6) is 0 Å². The Morgan fingerprint density at radius 1 is 1.33 bits per heavy atom. The minimum Gasteiger partial charge on any atom is -0.353 e. The highest BCUT2D eigenvalue weighted by Gasteiger charge is 2.21. The van der Waals surface area contributed by atoms with E-state index in [9.17, 15) is 4.79 Å². The summed E-state index contributed by atoms with van der Waals surface area (Å²) in [5.41, 5.74) is 0. The molecule has 1 amide bonds. The van der Waals surface area contributed by atoms with Crippen LogP contribution in [-0.2, 0) is 4.79 Å². The zero-order valence-corrected chi connectivity index (χ0v) is 13.0. The lowest BCUT2D eigenvalue weighted by atomic mass is 10.2. The van der Waals surface area contributed by atoms with E-state index >= 15 is 0 Å². The number of halogens is 2. The van der Waals surface area contributed by atoms with Crippen molar-refractivity contribution in [1.82, 2.24) is 15.5 Å². The number of thioether (sulfide) groups is 1. The van der Waals surface area contributed by atoms with Crippen molar-refractivity contribution in [2.75, 3.05) is 44.2 Å². The van der Waals surface area contributed by atoms with E-state index < -0.39 is 0 Å². The molecule has 0 aliphatic carbocycles. The van der Waals surface area contributed by atoms with Gasteiger partial charge in [0.15, 0.2) is 0 Å². The number of rotatable bonds is 4. The maximum absolute atomic E-state index is 11.7. The van der Waals surface area contributed by atoms with Crippen LogP contribution >= 0.6 is 36.6 Å². The molecule has 0 aromatic carbocycles. The number of nitrogens with one attached hydrogen (secondary N) is 2. The largest absolute Gasteiger partial charge is 0.353 e. The molecule has 0 aromatic rings. The van der Waals surface area contributed by atoms with Crippen LogP contribution in [0.3, 0.4) is 0 Å². The Balaban J connectivity index is 0.00000144. The summed E-state index contributed by atoms with van der Waals surface area (Å²) in [6.07, 6.45) is 2.12. The third kappa shape index (κ3) is 5.97. The Labute approximate surface area is 126 Å². The second-order valence-electron chi connectivity index (χ2n) is 4.39. The van der Waals surface area contributed by atoms with E-state index in [0.29, 0.717) is 0 Å². The van der Waals surface area contributed by atoms with E-state index in [4.69, 9.17) is 0 Å². The molecule has 7 heteroatoms. The molecule has 0 saturated carbocycles. The number of carbonyl (C=O) groups excluding carboxylic acids is 1. The molecule has 2 saturated heterocycles. The number of amides is 1. The van der Waals surface area contributed by atoms with Gasteiger partial charge in [0.2, 0.25) is 5.91 Å². The Bertz CT molecular complexity index is 234. The maximum Gasteiger partial charge on any atom is 0.237 e. The van der Waals surface area contributed by atoms with E-state index in [-0.39, 0.29) is 36.8 Å². The molecule has 0 aromatic heterocycles. The van der Waals surface area contributed by atoms with Gasteiger partial charge in [-0.2, -0.15) is 11.8 Å². The molecule has 2 aliphatic rings. The van der Waals surface area contributed by atoms with Gasteiger partial charge in [0.1, 0.15) is 0 Å². The molecule has 0 spiro atoms. The number of carbonyl (C=O) groups is 1. The van der Waals surface area contributed by atoms with Crippen LogP contribution in [0, 0.1) is 0 Å². The molecule has 0 bridgehead atoms. The summed E-state index contributed by atoms with van der Waals surface area (Å²) in [6.45, 7) is 5.12. The maximum atomic E-state index is 11.7. The summed E-state index contributed by atoms with van der Waals surface area (Å²) in [5, 5.41) is 6.24. The molecule has 4 nitrogen and oxygen atoms in total. The summed E-state index contributed by atoms with van der Waals surface area (Å²) in [5.74, 6) is 2.65. The number of hydrogen-bond acceptors (Lipinski definition) is 4. The van der Waals surface area contributed by atoms with E-state index in [1.54, 1.807) is 0 Å². The molecule has 2 fully saturated rings. The van der Waals surface area contributed by atoms with E-state index in [2.05, 4.69) is 15.5 Å². The van der Waals surface area contributed by atoms with Crippen LogP contribution in [0.25, 0.3) is 0 Å². The van der Waals surface area contributed by atoms with Crippen molar-refractivity contribution in [3.8, 4) is 0 Å². The first kappa shape index (κ1) is 18.3. The van der Waals surface area contributed by atoms with Gasteiger partial charge in [0, 0.05) is 37.7 Å². The van der Waals surface area contributed by atoms with Crippen LogP contribution in [0.1, 0.15) is 12.8 Å². The minimum absolute atomic E-state index is 0. The van der Waals surface area contributed by atoms with Gasteiger partial charge >= 0.3 is 0 Å². The second-order valence-corrected chi connectivity index (χ2v) is 5.62. The first-order valence-electron chi connectivity index (χ1n) is 6.17. The zero-order valence-electron chi connectivity index (χ0n) is 10.5. The monoisotopic (exact) mass is 315 g/mol. The Hall–Kier alpha value is 0.320. The van der Waals surface area contributed by atoms with Crippen LogP contribution in [0.2, 0.25) is 0 Å². The van der Waals surface area contributed by atoms with Crippen molar-refractivity contribution in [2.45, 2.75) is 18.9 Å². The lowest BCUT2D eigenvalue weighted by molar-refractivity contribution is -0.122. The predicted octanol–water partition coefficient (Wildman–Crippen LogP) is 0.747. The fourth-order valence-electron chi connectivity index (χ4n) is 2.19. The Kier molecular flexibility index (Phi) is 10.3. The van der Waals surface area contributed by atoms with Crippen LogP contribution in [0.4, 0.5) is 0 Å². The quantitative estimate of drug-likeness (QED) is 0.803. The standard InChI is InChI=1S/C11H21N3OS.2ClH/c15-11(10-2-1-3-12-10)13-4-5-14-6-8-16-9-7-14;;/h10,12H,1-9H2,(H,13,15);2*1H/t10-;;/m0../s1. The highest BCUT2D eigenvalue weighted by Crippen LogP contribution is 2.08. The fourth-order valence-corrected chi connectivity index (χ4v) is 3.17. The molecule has 2 N–H and O–H groups in total. The highest BCUT2D eigenvalue weighted by molar-refractivity contribution is 7.99. The minimum atomic E-state index is 0. The van der Waals surface area contributed by atoms with E-state index in [0.717, 1.165) is 32.5 Å². The smallest absolute Gasteiger partial charge is 0.237 e. The van der Waals surface area contributed by atoms with Crippen LogP contribution < -0.4 is 10.6 Å². The average Bonchev–Trinajstić information content (AvgIpc) is 2.84.